The zero-order valence-corrected chi connectivity index (χ0v) is 18.7. The molecule has 2 aromatic carbocycles. The quantitative estimate of drug-likeness (QED) is 0.644. The van der Waals surface area contributed by atoms with Crippen LogP contribution in [-0.4, -0.2) is 40.6 Å². The van der Waals surface area contributed by atoms with Crippen molar-refractivity contribution in [3.8, 4) is 5.75 Å². The summed E-state index contributed by atoms with van der Waals surface area (Å²) in [6.45, 7) is 9.29. The molecule has 1 fully saturated rings. The van der Waals surface area contributed by atoms with Crippen molar-refractivity contribution in [2.75, 3.05) is 19.3 Å². The summed E-state index contributed by atoms with van der Waals surface area (Å²) >= 11 is 1.66. The minimum absolute atomic E-state index is 0.204. The average molecular weight is 419 g/mol. The fourth-order valence-corrected chi connectivity index (χ4v) is 4.81. The smallest absolute Gasteiger partial charge is 0.119 e. The Hall–Kier alpha value is -1.34. The molecule has 152 valence electrons. The summed E-state index contributed by atoms with van der Waals surface area (Å²) in [6.07, 6.45) is 3.07. The second-order valence-electron chi connectivity index (χ2n) is 7.63. The molecule has 0 bridgehead atoms. The van der Waals surface area contributed by atoms with E-state index in [0.29, 0.717) is 6.04 Å². The van der Waals surface area contributed by atoms with E-state index in [1.165, 1.54) is 11.1 Å². The molecule has 4 nitrogen and oxygen atoms in total. The van der Waals surface area contributed by atoms with Crippen molar-refractivity contribution in [1.29, 1.82) is 0 Å². The number of rotatable bonds is 8. The van der Waals surface area contributed by atoms with E-state index in [2.05, 4.69) is 40.8 Å². The lowest BCUT2D eigenvalue weighted by atomic mass is 10.2. The van der Waals surface area contributed by atoms with E-state index in [0.717, 1.165) is 41.6 Å². The molecule has 0 aromatic heterocycles. The van der Waals surface area contributed by atoms with Gasteiger partial charge in [-0.25, -0.2) is 0 Å². The van der Waals surface area contributed by atoms with E-state index >= 15 is 0 Å². The van der Waals surface area contributed by atoms with Crippen LogP contribution in [0.25, 0.3) is 0 Å². The maximum atomic E-state index is 11.7. The van der Waals surface area contributed by atoms with Gasteiger partial charge in [0.1, 0.15) is 5.75 Å². The van der Waals surface area contributed by atoms with Gasteiger partial charge >= 0.3 is 0 Å². The first-order chi connectivity index (χ1) is 13.4. The van der Waals surface area contributed by atoms with E-state index < -0.39 is 10.8 Å². The van der Waals surface area contributed by atoms with E-state index in [4.69, 9.17) is 4.74 Å². The first kappa shape index (κ1) is 21.4. The van der Waals surface area contributed by atoms with E-state index in [9.17, 15) is 4.21 Å². The molecule has 1 aliphatic rings. The topological polar surface area (TPSA) is 41.6 Å². The molecule has 0 spiro atoms. The number of aryl methyl sites for hydroxylation is 1. The maximum absolute atomic E-state index is 11.7. The van der Waals surface area contributed by atoms with E-state index in [1.54, 1.807) is 18.2 Å². The van der Waals surface area contributed by atoms with Gasteiger partial charge in [-0.15, -0.1) is 0 Å². The van der Waals surface area contributed by atoms with Crippen LogP contribution in [0.3, 0.4) is 0 Å². The second-order valence-corrected chi connectivity index (χ2v) is 9.89. The third-order valence-corrected chi connectivity index (χ3v) is 6.83. The minimum atomic E-state index is -0.945. The molecule has 2 atom stereocenters. The molecule has 0 saturated carbocycles. The monoisotopic (exact) mass is 418 g/mol. The lowest BCUT2D eigenvalue weighted by Gasteiger charge is -2.17. The molecular weight excluding hydrogens is 388 g/mol. The van der Waals surface area contributed by atoms with Crippen molar-refractivity contribution >= 4 is 22.7 Å². The highest BCUT2D eigenvalue weighted by molar-refractivity contribution is 7.97. The molecule has 0 radical (unpaired) electrons. The Morgan fingerprint density at radius 2 is 2.00 bits per heavy atom. The third-order valence-electron chi connectivity index (χ3n) is 4.80. The summed E-state index contributed by atoms with van der Waals surface area (Å²) in [6, 6.07) is 14.9. The van der Waals surface area contributed by atoms with Crippen LogP contribution in [0.4, 0.5) is 0 Å². The van der Waals surface area contributed by atoms with Crippen molar-refractivity contribution in [3.05, 3.63) is 53.6 Å². The van der Waals surface area contributed by atoms with Crippen molar-refractivity contribution in [1.82, 2.24) is 9.62 Å². The van der Waals surface area contributed by atoms with Gasteiger partial charge in [-0.05, 0) is 74.5 Å². The zero-order chi connectivity index (χ0) is 20.1. The molecule has 2 aromatic rings. The van der Waals surface area contributed by atoms with Gasteiger partial charge in [0.05, 0.1) is 6.10 Å². The molecule has 1 N–H and O–H groups in total. The first-order valence-electron chi connectivity index (χ1n) is 9.75. The predicted octanol–water partition coefficient (Wildman–Crippen LogP) is 4.39. The Labute approximate surface area is 175 Å². The average Bonchev–Trinajstić information content (AvgIpc) is 3.09. The normalized spacial score (nSPS) is 18.5. The summed E-state index contributed by atoms with van der Waals surface area (Å²) in [5, 5.41) is 0. The number of nitrogens with one attached hydrogen (secondary N) is 1. The van der Waals surface area contributed by atoms with Crippen molar-refractivity contribution in [2.45, 2.75) is 55.7 Å². The minimum Gasteiger partial charge on any atom is -0.491 e. The molecule has 28 heavy (non-hydrogen) atoms. The Kier molecular flexibility index (Phi) is 7.57. The zero-order valence-electron chi connectivity index (χ0n) is 17.1. The molecule has 0 aliphatic carbocycles. The van der Waals surface area contributed by atoms with Gasteiger partial charge < -0.3 is 4.74 Å². The number of ether oxygens (including phenoxy) is 1. The molecule has 1 aliphatic heterocycles. The van der Waals surface area contributed by atoms with Crippen molar-refractivity contribution < 1.29 is 8.95 Å². The van der Waals surface area contributed by atoms with Gasteiger partial charge in [-0.3, -0.25) is 13.8 Å². The fraction of sp³-hybridized carbons (Fsp3) is 0.455. The number of hydrogen-bond donors (Lipinski definition) is 1. The van der Waals surface area contributed by atoms with Crippen molar-refractivity contribution in [2.24, 2.45) is 0 Å². The molecule has 1 heterocycles. The molecule has 3 rings (SSSR count). The van der Waals surface area contributed by atoms with Gasteiger partial charge in [-0.1, -0.05) is 18.2 Å². The highest BCUT2D eigenvalue weighted by atomic mass is 32.2. The molecule has 1 unspecified atom stereocenters. The number of benzene rings is 2. The summed E-state index contributed by atoms with van der Waals surface area (Å²) in [4.78, 5) is 4.53. The SMILES string of the molecule is Cc1ccc(S(C)=O)cc1SN[C@@H]1CCN(Cc2ccc(OC(C)C)cc2)C1. The Balaban J connectivity index is 1.49. The fourth-order valence-electron chi connectivity index (χ4n) is 3.29. The molecular formula is C22H30N2O2S2. The number of hydrogen-bond acceptors (Lipinski definition) is 5. The lowest BCUT2D eigenvalue weighted by Crippen LogP contribution is -2.28. The van der Waals surface area contributed by atoms with Crippen molar-refractivity contribution in [3.63, 3.8) is 0 Å². The summed E-state index contributed by atoms with van der Waals surface area (Å²) in [5.41, 5.74) is 2.53. The third kappa shape index (κ3) is 6.08. The van der Waals surface area contributed by atoms with Crippen LogP contribution in [-0.2, 0) is 17.3 Å². The van der Waals surface area contributed by atoms with Crippen LogP contribution in [0.2, 0.25) is 0 Å². The summed E-state index contributed by atoms with van der Waals surface area (Å²) < 4.78 is 21.1. The summed E-state index contributed by atoms with van der Waals surface area (Å²) in [7, 11) is -0.945. The molecule has 0 amide bonds. The van der Waals surface area contributed by atoms with Gasteiger partial charge in [0.25, 0.3) is 0 Å². The molecule has 1 saturated heterocycles. The number of likely N-dealkylation sites (tertiary alicyclic amines) is 1. The van der Waals surface area contributed by atoms with Crippen LogP contribution < -0.4 is 9.46 Å². The molecule has 6 heteroatoms. The van der Waals surface area contributed by atoms with E-state index in [-0.39, 0.29) is 6.10 Å². The van der Waals surface area contributed by atoms with Crippen LogP contribution >= 0.6 is 11.9 Å². The van der Waals surface area contributed by atoms with Gasteiger partial charge in [0, 0.05) is 52.5 Å². The Morgan fingerprint density at radius 1 is 1.25 bits per heavy atom. The Morgan fingerprint density at radius 3 is 2.68 bits per heavy atom. The Bertz CT molecular complexity index is 809. The van der Waals surface area contributed by atoms with Crippen LogP contribution in [0, 0.1) is 6.92 Å². The second kappa shape index (κ2) is 9.92. The van der Waals surface area contributed by atoms with Crippen LogP contribution in [0.5, 0.6) is 5.75 Å². The highest BCUT2D eigenvalue weighted by Crippen LogP contribution is 2.25. The van der Waals surface area contributed by atoms with Gasteiger partial charge in [0.15, 0.2) is 0 Å². The standard InChI is InChI=1S/C22H30N2O2S2/c1-16(2)26-20-8-6-18(7-9-20)14-24-12-11-19(15-24)23-27-22-13-21(28(4)25)10-5-17(22)3/h5-10,13,16,19,23H,11-12,14-15H2,1-4H3/t19-,28?/m1/s1. The van der Waals surface area contributed by atoms with Gasteiger partial charge in [-0.2, -0.15) is 0 Å². The first-order valence-corrected chi connectivity index (χ1v) is 12.1. The maximum Gasteiger partial charge on any atom is 0.119 e. The number of nitrogens with zero attached hydrogens (tertiary/aromatic N) is 1. The largest absolute Gasteiger partial charge is 0.491 e. The van der Waals surface area contributed by atoms with Crippen LogP contribution in [0.15, 0.2) is 52.3 Å². The van der Waals surface area contributed by atoms with Gasteiger partial charge in [0.2, 0.25) is 0 Å². The highest BCUT2D eigenvalue weighted by Gasteiger charge is 2.22. The summed E-state index contributed by atoms with van der Waals surface area (Å²) in [5.74, 6) is 0.932. The lowest BCUT2D eigenvalue weighted by molar-refractivity contribution is 0.242. The van der Waals surface area contributed by atoms with Crippen LogP contribution in [0.1, 0.15) is 31.4 Å². The predicted molar refractivity (Wildman–Crippen MR) is 118 cm³/mol. The van der Waals surface area contributed by atoms with E-state index in [1.807, 2.05) is 32.0 Å².